The van der Waals surface area contributed by atoms with Gasteiger partial charge in [0.2, 0.25) is 5.91 Å². The van der Waals surface area contributed by atoms with E-state index in [1.807, 2.05) is 6.92 Å². The van der Waals surface area contributed by atoms with Crippen molar-refractivity contribution in [3.05, 3.63) is 0 Å². The first kappa shape index (κ1) is 14.3. The van der Waals surface area contributed by atoms with Gasteiger partial charge in [0.25, 0.3) is 0 Å². The molecule has 0 aliphatic heterocycles. The van der Waals surface area contributed by atoms with Crippen LogP contribution < -0.4 is 11.1 Å². The third-order valence-electron chi connectivity index (χ3n) is 1.85. The molecule has 0 radical (unpaired) electrons. The maximum Gasteiger partial charge on any atom is 0.220 e. The molecular weight excluding hydrogens is 196 g/mol. The average Bonchev–Trinajstić information content (AvgIpc) is 2.20. The minimum absolute atomic E-state index is 0.0365. The molecule has 0 aromatic rings. The summed E-state index contributed by atoms with van der Waals surface area (Å²) in [6.45, 7) is 3.47. The van der Waals surface area contributed by atoms with E-state index in [0.29, 0.717) is 32.6 Å². The summed E-state index contributed by atoms with van der Waals surface area (Å²) in [6.07, 6.45) is 1.96. The fourth-order valence-corrected chi connectivity index (χ4v) is 1.02. The number of carbonyl (C=O) groups is 1. The van der Waals surface area contributed by atoms with Gasteiger partial charge in [0.05, 0.1) is 13.2 Å². The Morgan fingerprint density at radius 1 is 1.53 bits per heavy atom. The molecule has 90 valence electrons. The zero-order chi connectivity index (χ0) is 11.5. The summed E-state index contributed by atoms with van der Waals surface area (Å²) in [5.74, 6) is 0.0365. The van der Waals surface area contributed by atoms with Crippen LogP contribution in [-0.4, -0.2) is 43.4 Å². The quantitative estimate of drug-likeness (QED) is 0.461. The highest BCUT2D eigenvalue weighted by Crippen LogP contribution is 1.92. The van der Waals surface area contributed by atoms with E-state index in [0.717, 1.165) is 6.42 Å². The van der Waals surface area contributed by atoms with Crippen LogP contribution in [0.4, 0.5) is 0 Å². The van der Waals surface area contributed by atoms with Crippen LogP contribution in [0.25, 0.3) is 0 Å². The van der Waals surface area contributed by atoms with Gasteiger partial charge in [-0.05, 0) is 19.8 Å². The van der Waals surface area contributed by atoms with E-state index in [4.69, 9.17) is 15.6 Å². The van der Waals surface area contributed by atoms with Crippen LogP contribution in [0.1, 0.15) is 26.2 Å². The zero-order valence-electron chi connectivity index (χ0n) is 9.37. The smallest absolute Gasteiger partial charge is 0.220 e. The third-order valence-corrected chi connectivity index (χ3v) is 1.85. The van der Waals surface area contributed by atoms with Gasteiger partial charge >= 0.3 is 0 Å². The molecule has 0 aromatic heterocycles. The molecule has 0 spiro atoms. The van der Waals surface area contributed by atoms with Crippen LogP contribution >= 0.6 is 0 Å². The number of aliphatic hydroxyl groups excluding tert-OH is 1. The molecule has 5 heteroatoms. The van der Waals surface area contributed by atoms with Gasteiger partial charge in [-0.15, -0.1) is 0 Å². The Bertz CT molecular complexity index is 163. The van der Waals surface area contributed by atoms with Gasteiger partial charge in [0.1, 0.15) is 0 Å². The summed E-state index contributed by atoms with van der Waals surface area (Å²) in [5.41, 5.74) is 5.53. The lowest BCUT2D eigenvalue weighted by Crippen LogP contribution is -2.27. The largest absolute Gasteiger partial charge is 0.394 e. The van der Waals surface area contributed by atoms with Crippen LogP contribution in [0.2, 0.25) is 0 Å². The molecule has 0 rings (SSSR count). The number of nitrogens with two attached hydrogens (primary N) is 1. The standard InChI is InChI=1S/C10H22N2O3/c1-9(11)3-4-10(14)12-5-2-7-15-8-6-13/h9,13H,2-8,11H2,1H3,(H,12,14). The number of aliphatic hydroxyl groups is 1. The highest BCUT2D eigenvalue weighted by atomic mass is 16.5. The van der Waals surface area contributed by atoms with Crippen molar-refractivity contribution < 1.29 is 14.6 Å². The predicted molar refractivity (Wildman–Crippen MR) is 58.4 cm³/mol. The van der Waals surface area contributed by atoms with Crippen molar-refractivity contribution >= 4 is 5.91 Å². The Kier molecular flexibility index (Phi) is 9.46. The minimum Gasteiger partial charge on any atom is -0.394 e. The van der Waals surface area contributed by atoms with Crippen molar-refractivity contribution in [2.24, 2.45) is 5.73 Å². The summed E-state index contributed by atoms with van der Waals surface area (Å²) in [4.78, 5) is 11.2. The number of hydrogen-bond donors (Lipinski definition) is 3. The summed E-state index contributed by atoms with van der Waals surface area (Å²) in [7, 11) is 0. The first-order chi connectivity index (χ1) is 7.16. The molecule has 1 amide bonds. The molecule has 0 saturated carbocycles. The normalized spacial score (nSPS) is 12.5. The molecule has 15 heavy (non-hydrogen) atoms. The van der Waals surface area contributed by atoms with Gasteiger partial charge < -0.3 is 20.9 Å². The maximum atomic E-state index is 11.2. The van der Waals surface area contributed by atoms with Crippen LogP contribution in [0, 0.1) is 0 Å². The van der Waals surface area contributed by atoms with Gasteiger partial charge in [-0.25, -0.2) is 0 Å². The Labute approximate surface area is 91.0 Å². The average molecular weight is 218 g/mol. The number of carbonyl (C=O) groups excluding carboxylic acids is 1. The van der Waals surface area contributed by atoms with Gasteiger partial charge in [-0.3, -0.25) is 4.79 Å². The summed E-state index contributed by atoms with van der Waals surface area (Å²) in [5, 5.41) is 11.2. The van der Waals surface area contributed by atoms with Crippen LogP contribution in [-0.2, 0) is 9.53 Å². The highest BCUT2D eigenvalue weighted by molar-refractivity contribution is 5.75. The molecule has 0 saturated heterocycles. The van der Waals surface area contributed by atoms with Gasteiger partial charge in [-0.2, -0.15) is 0 Å². The van der Waals surface area contributed by atoms with Crippen molar-refractivity contribution in [1.29, 1.82) is 0 Å². The summed E-state index contributed by atoms with van der Waals surface area (Å²) >= 11 is 0. The first-order valence-corrected chi connectivity index (χ1v) is 5.37. The van der Waals surface area contributed by atoms with E-state index < -0.39 is 0 Å². The third kappa shape index (κ3) is 11.3. The molecule has 0 heterocycles. The predicted octanol–water partition coefficient (Wildman–Crippen LogP) is -0.371. The van der Waals surface area contributed by atoms with Crippen molar-refractivity contribution in [3.8, 4) is 0 Å². The molecule has 1 unspecified atom stereocenters. The fraction of sp³-hybridized carbons (Fsp3) is 0.900. The van der Waals surface area contributed by atoms with Crippen molar-refractivity contribution in [2.45, 2.75) is 32.2 Å². The topological polar surface area (TPSA) is 84.6 Å². The molecule has 1 atom stereocenters. The molecular formula is C10H22N2O3. The number of amides is 1. The molecule has 0 aliphatic rings. The first-order valence-electron chi connectivity index (χ1n) is 5.37. The fourth-order valence-electron chi connectivity index (χ4n) is 1.02. The van der Waals surface area contributed by atoms with E-state index in [2.05, 4.69) is 5.32 Å². The van der Waals surface area contributed by atoms with Crippen LogP contribution in [0.15, 0.2) is 0 Å². The molecule has 5 nitrogen and oxygen atoms in total. The molecule has 4 N–H and O–H groups in total. The van der Waals surface area contributed by atoms with E-state index in [1.54, 1.807) is 0 Å². The lowest BCUT2D eigenvalue weighted by Gasteiger charge is -2.06. The van der Waals surface area contributed by atoms with Crippen LogP contribution in [0.5, 0.6) is 0 Å². The number of hydrogen-bond acceptors (Lipinski definition) is 4. The second kappa shape index (κ2) is 9.89. The maximum absolute atomic E-state index is 11.2. The van der Waals surface area contributed by atoms with Crippen LogP contribution in [0.3, 0.4) is 0 Å². The SMILES string of the molecule is CC(N)CCC(=O)NCCCOCCO. The van der Waals surface area contributed by atoms with Gasteiger partial charge in [0.15, 0.2) is 0 Å². The highest BCUT2D eigenvalue weighted by Gasteiger charge is 2.02. The van der Waals surface area contributed by atoms with E-state index in [-0.39, 0.29) is 18.6 Å². The Morgan fingerprint density at radius 2 is 2.27 bits per heavy atom. The lowest BCUT2D eigenvalue weighted by molar-refractivity contribution is -0.121. The minimum atomic E-state index is 0.0365. The second-order valence-corrected chi connectivity index (χ2v) is 3.56. The second-order valence-electron chi connectivity index (χ2n) is 3.56. The van der Waals surface area contributed by atoms with E-state index >= 15 is 0 Å². The Balaban J connectivity index is 3.17. The van der Waals surface area contributed by atoms with E-state index in [9.17, 15) is 4.79 Å². The number of nitrogens with one attached hydrogen (secondary N) is 1. The molecule has 0 fully saturated rings. The molecule has 0 bridgehead atoms. The molecule has 0 aromatic carbocycles. The van der Waals surface area contributed by atoms with Crippen molar-refractivity contribution in [1.82, 2.24) is 5.32 Å². The Hall–Kier alpha value is -0.650. The Morgan fingerprint density at radius 3 is 2.87 bits per heavy atom. The molecule has 0 aliphatic carbocycles. The summed E-state index contributed by atoms with van der Waals surface area (Å²) < 4.78 is 5.04. The van der Waals surface area contributed by atoms with Gasteiger partial charge in [0, 0.05) is 25.6 Å². The lowest BCUT2D eigenvalue weighted by atomic mass is 10.2. The number of ether oxygens (including phenoxy) is 1. The number of rotatable bonds is 9. The van der Waals surface area contributed by atoms with Crippen molar-refractivity contribution in [3.63, 3.8) is 0 Å². The monoisotopic (exact) mass is 218 g/mol. The van der Waals surface area contributed by atoms with E-state index in [1.165, 1.54) is 0 Å². The van der Waals surface area contributed by atoms with Crippen molar-refractivity contribution in [2.75, 3.05) is 26.4 Å². The zero-order valence-corrected chi connectivity index (χ0v) is 9.37. The van der Waals surface area contributed by atoms with Gasteiger partial charge in [-0.1, -0.05) is 0 Å². The summed E-state index contributed by atoms with van der Waals surface area (Å²) in [6, 6.07) is 0.0728.